The van der Waals surface area contributed by atoms with E-state index in [2.05, 4.69) is 15.9 Å². The van der Waals surface area contributed by atoms with E-state index >= 15 is 0 Å². The predicted molar refractivity (Wildman–Crippen MR) is 51.0 cm³/mol. The molecule has 1 aromatic rings. The van der Waals surface area contributed by atoms with Gasteiger partial charge in [0, 0.05) is 5.33 Å². The molecule has 0 saturated heterocycles. The Morgan fingerprint density at radius 2 is 1.83 bits per heavy atom. The van der Waals surface area contributed by atoms with Gasteiger partial charge in [-0.15, -0.1) is 0 Å². The standard InChI is InChI=1S/C9H11BrO2/c10-6-7-11-12-8-9-4-2-1-3-5-9/h1-5H,6-8H2. The smallest absolute Gasteiger partial charge is 0.107 e. The van der Waals surface area contributed by atoms with Crippen LogP contribution >= 0.6 is 15.9 Å². The summed E-state index contributed by atoms with van der Waals surface area (Å²) in [6, 6.07) is 9.92. The zero-order valence-electron chi connectivity index (χ0n) is 6.70. The molecule has 1 rings (SSSR count). The summed E-state index contributed by atoms with van der Waals surface area (Å²) in [6.07, 6.45) is 0. The first-order chi connectivity index (χ1) is 5.93. The lowest BCUT2D eigenvalue weighted by Crippen LogP contribution is -1.97. The Morgan fingerprint density at radius 1 is 1.08 bits per heavy atom. The zero-order valence-corrected chi connectivity index (χ0v) is 8.29. The minimum Gasteiger partial charge on any atom is -0.236 e. The summed E-state index contributed by atoms with van der Waals surface area (Å²) in [6.45, 7) is 1.08. The molecule has 0 bridgehead atoms. The number of hydrogen-bond acceptors (Lipinski definition) is 2. The first kappa shape index (κ1) is 9.71. The van der Waals surface area contributed by atoms with Gasteiger partial charge in [-0.1, -0.05) is 46.3 Å². The van der Waals surface area contributed by atoms with Gasteiger partial charge in [0.25, 0.3) is 0 Å². The molecule has 0 aliphatic rings. The van der Waals surface area contributed by atoms with Gasteiger partial charge in [-0.25, -0.2) is 9.78 Å². The maximum Gasteiger partial charge on any atom is 0.107 e. The van der Waals surface area contributed by atoms with Gasteiger partial charge in [-0.3, -0.25) is 0 Å². The molecule has 0 saturated carbocycles. The van der Waals surface area contributed by atoms with Gasteiger partial charge in [0.2, 0.25) is 0 Å². The summed E-state index contributed by atoms with van der Waals surface area (Å²) in [7, 11) is 0. The molecule has 2 nitrogen and oxygen atoms in total. The maximum atomic E-state index is 4.93. The molecule has 0 aliphatic carbocycles. The number of halogens is 1. The van der Waals surface area contributed by atoms with Gasteiger partial charge in [0.05, 0.1) is 6.61 Å². The van der Waals surface area contributed by atoms with Crippen LogP contribution in [0.25, 0.3) is 0 Å². The Bertz CT molecular complexity index is 201. The molecular weight excluding hydrogens is 220 g/mol. The molecule has 0 atom stereocenters. The Hall–Kier alpha value is -0.380. The molecule has 66 valence electrons. The lowest BCUT2D eigenvalue weighted by atomic mass is 10.2. The first-order valence-corrected chi connectivity index (χ1v) is 4.90. The van der Waals surface area contributed by atoms with E-state index in [-0.39, 0.29) is 0 Å². The van der Waals surface area contributed by atoms with Gasteiger partial charge in [-0.05, 0) is 5.56 Å². The second kappa shape index (κ2) is 6.17. The van der Waals surface area contributed by atoms with E-state index in [1.165, 1.54) is 0 Å². The molecule has 3 heteroatoms. The SMILES string of the molecule is BrCCOOCc1ccccc1. The fourth-order valence-corrected chi connectivity index (χ4v) is 0.907. The third-order valence-corrected chi connectivity index (χ3v) is 1.64. The van der Waals surface area contributed by atoms with Crippen LogP contribution in [0.4, 0.5) is 0 Å². The van der Waals surface area contributed by atoms with Crippen molar-refractivity contribution >= 4 is 15.9 Å². The molecule has 1 aromatic carbocycles. The summed E-state index contributed by atoms with van der Waals surface area (Å²) in [5.74, 6) is 0. The summed E-state index contributed by atoms with van der Waals surface area (Å²) in [4.78, 5) is 9.77. The molecule has 0 spiro atoms. The average Bonchev–Trinajstić information content (AvgIpc) is 2.14. The number of benzene rings is 1. The summed E-state index contributed by atoms with van der Waals surface area (Å²) >= 11 is 3.23. The highest BCUT2D eigenvalue weighted by molar-refractivity contribution is 9.09. The fourth-order valence-electron chi connectivity index (χ4n) is 0.774. The van der Waals surface area contributed by atoms with Crippen molar-refractivity contribution in [3.05, 3.63) is 35.9 Å². The average molecular weight is 231 g/mol. The number of alkyl halides is 1. The van der Waals surface area contributed by atoms with Crippen LogP contribution in [0.2, 0.25) is 0 Å². The van der Waals surface area contributed by atoms with E-state index in [0.717, 1.165) is 10.9 Å². The highest BCUT2D eigenvalue weighted by atomic mass is 79.9. The quantitative estimate of drug-likeness (QED) is 0.335. The van der Waals surface area contributed by atoms with E-state index in [1.54, 1.807) is 0 Å². The van der Waals surface area contributed by atoms with Crippen molar-refractivity contribution in [1.82, 2.24) is 0 Å². The molecule has 0 N–H and O–H groups in total. The van der Waals surface area contributed by atoms with Crippen LogP contribution in [-0.2, 0) is 16.4 Å². The number of hydrogen-bond donors (Lipinski definition) is 0. The van der Waals surface area contributed by atoms with Crippen LogP contribution < -0.4 is 0 Å². The highest BCUT2D eigenvalue weighted by Crippen LogP contribution is 2.00. The van der Waals surface area contributed by atoms with Crippen LogP contribution in [0.1, 0.15) is 5.56 Å². The van der Waals surface area contributed by atoms with Gasteiger partial charge in [0.1, 0.15) is 6.61 Å². The van der Waals surface area contributed by atoms with Crippen LogP contribution in [0.3, 0.4) is 0 Å². The normalized spacial score (nSPS) is 10.1. The Kier molecular flexibility index (Phi) is 4.99. The van der Waals surface area contributed by atoms with Crippen molar-refractivity contribution < 1.29 is 9.78 Å². The predicted octanol–water partition coefficient (Wildman–Crippen LogP) is 2.53. The van der Waals surface area contributed by atoms with Crippen LogP contribution in [0, 0.1) is 0 Å². The van der Waals surface area contributed by atoms with E-state index in [9.17, 15) is 0 Å². The second-order valence-corrected chi connectivity index (χ2v) is 3.05. The van der Waals surface area contributed by atoms with Gasteiger partial charge < -0.3 is 0 Å². The van der Waals surface area contributed by atoms with E-state index in [4.69, 9.17) is 9.78 Å². The molecule has 0 heterocycles. The van der Waals surface area contributed by atoms with Crippen molar-refractivity contribution in [2.45, 2.75) is 6.61 Å². The first-order valence-electron chi connectivity index (χ1n) is 3.78. The summed E-state index contributed by atoms with van der Waals surface area (Å²) < 4.78 is 0. The number of rotatable bonds is 5. The Labute approximate surface area is 80.6 Å². The third-order valence-electron chi connectivity index (χ3n) is 1.31. The van der Waals surface area contributed by atoms with Gasteiger partial charge in [0.15, 0.2) is 0 Å². The molecule has 0 amide bonds. The third kappa shape index (κ3) is 3.85. The molecule has 0 aromatic heterocycles. The van der Waals surface area contributed by atoms with E-state index in [0.29, 0.717) is 13.2 Å². The summed E-state index contributed by atoms with van der Waals surface area (Å²) in [5.41, 5.74) is 1.12. The van der Waals surface area contributed by atoms with Crippen molar-refractivity contribution in [3.63, 3.8) is 0 Å². The highest BCUT2D eigenvalue weighted by Gasteiger charge is 1.90. The van der Waals surface area contributed by atoms with Crippen molar-refractivity contribution in [3.8, 4) is 0 Å². The lowest BCUT2D eigenvalue weighted by Gasteiger charge is -2.01. The monoisotopic (exact) mass is 230 g/mol. The summed E-state index contributed by atoms with van der Waals surface area (Å²) in [5, 5.41) is 0.793. The largest absolute Gasteiger partial charge is 0.236 e. The van der Waals surface area contributed by atoms with Gasteiger partial charge >= 0.3 is 0 Å². The molecule has 0 radical (unpaired) electrons. The Balaban J connectivity index is 2.16. The lowest BCUT2D eigenvalue weighted by molar-refractivity contribution is -0.299. The van der Waals surface area contributed by atoms with Crippen LogP contribution in [0.15, 0.2) is 30.3 Å². The Morgan fingerprint density at radius 3 is 2.50 bits per heavy atom. The minimum atomic E-state index is 0.508. The van der Waals surface area contributed by atoms with Gasteiger partial charge in [-0.2, -0.15) is 0 Å². The van der Waals surface area contributed by atoms with E-state index < -0.39 is 0 Å². The maximum absolute atomic E-state index is 4.93. The minimum absolute atomic E-state index is 0.508. The molecule has 0 unspecified atom stereocenters. The topological polar surface area (TPSA) is 18.5 Å². The fraction of sp³-hybridized carbons (Fsp3) is 0.333. The van der Waals surface area contributed by atoms with Crippen LogP contribution in [0.5, 0.6) is 0 Å². The van der Waals surface area contributed by atoms with E-state index in [1.807, 2.05) is 30.3 Å². The van der Waals surface area contributed by atoms with Crippen molar-refractivity contribution in [1.29, 1.82) is 0 Å². The van der Waals surface area contributed by atoms with Crippen LogP contribution in [-0.4, -0.2) is 11.9 Å². The second-order valence-electron chi connectivity index (χ2n) is 2.26. The van der Waals surface area contributed by atoms with Crippen molar-refractivity contribution in [2.75, 3.05) is 11.9 Å². The zero-order chi connectivity index (χ0) is 8.65. The molecular formula is C9H11BrO2. The molecule has 0 fully saturated rings. The van der Waals surface area contributed by atoms with Crippen molar-refractivity contribution in [2.24, 2.45) is 0 Å². The molecule has 0 aliphatic heterocycles. The molecule has 12 heavy (non-hydrogen) atoms.